The van der Waals surface area contributed by atoms with Crippen molar-refractivity contribution in [1.82, 2.24) is 4.90 Å². The Labute approximate surface area is 91.7 Å². The highest BCUT2D eigenvalue weighted by Gasteiger charge is 2.13. The van der Waals surface area contributed by atoms with E-state index in [1.54, 1.807) is 0 Å². The van der Waals surface area contributed by atoms with Crippen molar-refractivity contribution in [3.63, 3.8) is 0 Å². The minimum absolute atomic E-state index is 0.273. The summed E-state index contributed by atoms with van der Waals surface area (Å²) in [4.78, 5) is 26.5. The summed E-state index contributed by atoms with van der Waals surface area (Å²) in [5.41, 5.74) is 15.0. The molecule has 0 bridgehead atoms. The smallest absolute Gasteiger partial charge is 0.335 e. The maximum absolute atomic E-state index is 11.1. The molecule has 0 unspecified atom stereocenters. The number of nitrogens with one attached hydrogen (secondary N) is 1. The van der Waals surface area contributed by atoms with Crippen LogP contribution in [0.2, 0.25) is 0 Å². The highest BCUT2D eigenvalue weighted by atomic mass is 16.6. The van der Waals surface area contributed by atoms with Crippen LogP contribution in [0.5, 0.6) is 0 Å². The third-order valence-electron chi connectivity index (χ3n) is 1.40. The van der Waals surface area contributed by atoms with Crippen molar-refractivity contribution in [2.45, 2.75) is 0 Å². The van der Waals surface area contributed by atoms with Gasteiger partial charge in [-0.1, -0.05) is 0 Å². The van der Waals surface area contributed by atoms with Crippen LogP contribution in [0, 0.1) is 5.41 Å². The molecule has 9 nitrogen and oxygen atoms in total. The van der Waals surface area contributed by atoms with Gasteiger partial charge in [0.2, 0.25) is 0 Å². The number of hydrogen-bond acceptors (Lipinski definition) is 5. The molecule has 9 heteroatoms. The van der Waals surface area contributed by atoms with E-state index in [2.05, 4.69) is 9.73 Å². The van der Waals surface area contributed by atoms with E-state index in [1.807, 2.05) is 0 Å². The molecular weight excluding hydrogens is 216 g/mol. The number of nitrogens with two attached hydrogens (primary N) is 3. The van der Waals surface area contributed by atoms with E-state index in [9.17, 15) is 9.59 Å². The van der Waals surface area contributed by atoms with Gasteiger partial charge in [0.15, 0.2) is 11.9 Å². The lowest BCUT2D eigenvalue weighted by Crippen LogP contribution is -2.38. The molecular formula is C7H14N6O3. The maximum atomic E-state index is 11.1. The molecule has 0 aromatic heterocycles. The van der Waals surface area contributed by atoms with E-state index in [4.69, 9.17) is 22.6 Å². The quantitative estimate of drug-likeness (QED) is 0.175. The molecule has 0 heterocycles. The number of nitrogens with zero attached hydrogens (tertiary/aromatic N) is 2. The van der Waals surface area contributed by atoms with Crippen molar-refractivity contribution in [3.8, 4) is 0 Å². The first-order valence-electron chi connectivity index (χ1n) is 4.17. The van der Waals surface area contributed by atoms with E-state index in [0.29, 0.717) is 0 Å². The highest BCUT2D eigenvalue weighted by molar-refractivity contribution is 5.90. The molecule has 0 saturated carbocycles. The Bertz CT molecular complexity index is 322. The Hall–Kier alpha value is -2.32. The topological polar surface area (TPSA) is 161 Å². The third kappa shape index (κ3) is 6.18. The second kappa shape index (κ2) is 6.22. The molecule has 0 aliphatic carbocycles. The minimum atomic E-state index is -0.879. The molecule has 0 fully saturated rings. The first-order valence-corrected chi connectivity index (χ1v) is 4.17. The second-order valence-corrected chi connectivity index (χ2v) is 2.83. The zero-order chi connectivity index (χ0) is 12.7. The molecule has 90 valence electrons. The largest absolute Gasteiger partial charge is 0.390 e. The van der Waals surface area contributed by atoms with E-state index in [1.165, 1.54) is 7.05 Å². The van der Waals surface area contributed by atoms with Crippen molar-refractivity contribution in [2.75, 3.05) is 20.1 Å². The number of aliphatic imine (C=N–C) groups is 1. The summed E-state index contributed by atoms with van der Waals surface area (Å²) >= 11 is 0. The standard InChI is InChI=1S/C7H14N6O3/c1-13(7(10)11)3-5(15)16-4(14)2-12-6(8)9/h2-3H2,1H3,(H3,10,11)(H4,8,9,12). The Morgan fingerprint density at radius 3 is 2.31 bits per heavy atom. The molecule has 0 aromatic carbocycles. The lowest BCUT2D eigenvalue weighted by molar-refractivity contribution is -0.158. The van der Waals surface area contributed by atoms with Gasteiger partial charge in [-0.25, -0.2) is 14.6 Å². The zero-order valence-electron chi connectivity index (χ0n) is 8.77. The van der Waals surface area contributed by atoms with Gasteiger partial charge in [-0.2, -0.15) is 0 Å². The van der Waals surface area contributed by atoms with Crippen LogP contribution in [0.25, 0.3) is 0 Å². The predicted molar refractivity (Wildman–Crippen MR) is 56.3 cm³/mol. The minimum Gasteiger partial charge on any atom is -0.390 e. The van der Waals surface area contributed by atoms with Crippen molar-refractivity contribution in [1.29, 1.82) is 5.41 Å². The molecule has 0 aliphatic heterocycles. The Morgan fingerprint density at radius 2 is 1.88 bits per heavy atom. The van der Waals surface area contributed by atoms with E-state index >= 15 is 0 Å². The van der Waals surface area contributed by atoms with E-state index in [0.717, 1.165) is 4.90 Å². The number of ether oxygens (including phenoxy) is 1. The highest BCUT2D eigenvalue weighted by Crippen LogP contribution is 1.87. The fourth-order valence-electron chi connectivity index (χ4n) is 0.626. The van der Waals surface area contributed by atoms with Crippen LogP contribution >= 0.6 is 0 Å². The van der Waals surface area contributed by atoms with Gasteiger partial charge in [-0.15, -0.1) is 0 Å². The zero-order valence-corrected chi connectivity index (χ0v) is 8.77. The third-order valence-corrected chi connectivity index (χ3v) is 1.40. The number of likely N-dealkylation sites (N-methyl/N-ethyl adjacent to an activating group) is 1. The van der Waals surface area contributed by atoms with E-state index < -0.39 is 18.5 Å². The molecule has 16 heavy (non-hydrogen) atoms. The lowest BCUT2D eigenvalue weighted by Gasteiger charge is -2.14. The van der Waals surface area contributed by atoms with Crippen molar-refractivity contribution in [3.05, 3.63) is 0 Å². The molecule has 0 aliphatic rings. The van der Waals surface area contributed by atoms with Crippen LogP contribution in [-0.4, -0.2) is 48.9 Å². The van der Waals surface area contributed by atoms with Gasteiger partial charge in [0.25, 0.3) is 0 Å². The summed E-state index contributed by atoms with van der Waals surface area (Å²) in [6.45, 7) is -0.735. The SMILES string of the molecule is CN(CC(=O)OC(=O)CN=C(N)N)C(=N)N. The van der Waals surface area contributed by atoms with Gasteiger partial charge in [-0.3, -0.25) is 5.41 Å². The van der Waals surface area contributed by atoms with Crippen LogP contribution in [0.1, 0.15) is 0 Å². The van der Waals surface area contributed by atoms with Crippen LogP contribution in [-0.2, 0) is 14.3 Å². The number of guanidine groups is 2. The van der Waals surface area contributed by atoms with Crippen LogP contribution < -0.4 is 17.2 Å². The van der Waals surface area contributed by atoms with Gasteiger partial charge in [0.05, 0.1) is 0 Å². The molecule has 0 atom stereocenters. The van der Waals surface area contributed by atoms with Gasteiger partial charge < -0.3 is 26.8 Å². The summed E-state index contributed by atoms with van der Waals surface area (Å²) in [6.07, 6.45) is 0. The van der Waals surface area contributed by atoms with E-state index in [-0.39, 0.29) is 18.5 Å². The molecule has 0 radical (unpaired) electrons. The Morgan fingerprint density at radius 1 is 1.31 bits per heavy atom. The van der Waals surface area contributed by atoms with Gasteiger partial charge in [-0.05, 0) is 0 Å². The predicted octanol–water partition coefficient (Wildman–Crippen LogP) is -2.85. The molecule has 0 saturated heterocycles. The van der Waals surface area contributed by atoms with Crippen LogP contribution in [0.4, 0.5) is 0 Å². The number of hydrogen-bond donors (Lipinski definition) is 4. The van der Waals surface area contributed by atoms with Gasteiger partial charge in [0.1, 0.15) is 13.1 Å². The second-order valence-electron chi connectivity index (χ2n) is 2.83. The fourth-order valence-corrected chi connectivity index (χ4v) is 0.626. The summed E-state index contributed by atoms with van der Waals surface area (Å²) in [5.74, 6) is -2.30. The molecule has 7 N–H and O–H groups in total. The first-order chi connectivity index (χ1) is 7.32. The van der Waals surface area contributed by atoms with Crippen molar-refractivity contribution in [2.24, 2.45) is 22.2 Å². The lowest BCUT2D eigenvalue weighted by atomic mass is 10.5. The molecule has 0 rings (SSSR count). The molecule has 0 spiro atoms. The Kier molecular flexibility index (Phi) is 5.32. The maximum Gasteiger partial charge on any atom is 0.335 e. The summed E-state index contributed by atoms with van der Waals surface area (Å²) in [6, 6.07) is 0. The normalized spacial score (nSPS) is 9.06. The summed E-state index contributed by atoms with van der Waals surface area (Å²) in [5, 5.41) is 6.97. The van der Waals surface area contributed by atoms with Crippen LogP contribution in [0.3, 0.4) is 0 Å². The van der Waals surface area contributed by atoms with Crippen molar-refractivity contribution < 1.29 is 14.3 Å². The van der Waals surface area contributed by atoms with Crippen LogP contribution in [0.15, 0.2) is 4.99 Å². The number of carbonyl (C=O) groups excluding carboxylic acids is 2. The average molecular weight is 230 g/mol. The first kappa shape index (κ1) is 13.7. The molecule has 0 aromatic rings. The van der Waals surface area contributed by atoms with Gasteiger partial charge in [0, 0.05) is 7.05 Å². The summed E-state index contributed by atoms with van der Waals surface area (Å²) in [7, 11) is 1.41. The summed E-state index contributed by atoms with van der Waals surface area (Å²) < 4.78 is 4.33. The molecule has 0 amide bonds. The average Bonchev–Trinajstić information content (AvgIpc) is 2.14. The fraction of sp³-hybridized carbons (Fsp3) is 0.429. The number of rotatable bonds is 4. The van der Waals surface area contributed by atoms with Crippen molar-refractivity contribution >= 4 is 23.9 Å². The number of esters is 2. The monoisotopic (exact) mass is 230 g/mol. The van der Waals surface area contributed by atoms with Gasteiger partial charge >= 0.3 is 11.9 Å². The Balaban J connectivity index is 4.01. The number of carbonyl (C=O) groups is 2.